The first-order valence-electron chi connectivity index (χ1n) is 5.65. The molecule has 0 aliphatic heterocycles. The molecule has 0 heterocycles. The van der Waals surface area contributed by atoms with Gasteiger partial charge in [-0.25, -0.2) is 0 Å². The molecule has 0 bridgehead atoms. The zero-order valence-electron chi connectivity index (χ0n) is 11.1. The minimum atomic E-state index is -4.00. The molecule has 0 amide bonds. The lowest BCUT2D eigenvalue weighted by Crippen LogP contribution is -1.96. The third-order valence-corrected chi connectivity index (χ3v) is 3.79. The van der Waals surface area contributed by atoms with Crippen molar-refractivity contribution in [3.8, 4) is 0 Å². The van der Waals surface area contributed by atoms with Crippen molar-refractivity contribution in [2.45, 2.75) is 9.79 Å². The lowest BCUT2D eigenvalue weighted by Gasteiger charge is -1.92. The third kappa shape index (κ3) is 5.49. The van der Waals surface area contributed by atoms with Gasteiger partial charge >= 0.3 is 0 Å². The Bertz CT molecular complexity index is 758. The van der Waals surface area contributed by atoms with Crippen molar-refractivity contribution in [3.05, 3.63) is 60.7 Å². The van der Waals surface area contributed by atoms with Crippen LogP contribution < -0.4 is 0 Å². The average molecular weight is 317 g/mol. The average Bonchev–Trinajstić information content (AvgIpc) is 2.49. The van der Waals surface area contributed by atoms with E-state index in [9.17, 15) is 16.8 Å². The van der Waals surface area contributed by atoms with Crippen LogP contribution in [0.15, 0.2) is 70.5 Å². The summed E-state index contributed by atoms with van der Waals surface area (Å²) in [5.74, 6) is 0. The first kappa shape index (κ1) is 14.7. The van der Waals surface area contributed by atoms with Gasteiger partial charge in [0.25, 0.3) is 20.2 Å². The molecule has 0 aliphatic rings. The first-order chi connectivity index (χ1) is 9.77. The van der Waals surface area contributed by atoms with Crippen LogP contribution in [-0.4, -0.2) is 25.9 Å². The lowest BCUT2D eigenvalue weighted by molar-refractivity contribution is 0.481. The Morgan fingerprint density at radius 2 is 1.05 bits per heavy atom. The van der Waals surface area contributed by atoms with Gasteiger partial charge in [0.1, 0.15) is 0 Å². The van der Waals surface area contributed by atoms with E-state index in [1.165, 1.54) is 24.3 Å². The molecule has 0 fully saturated rings. The highest BCUT2D eigenvalue weighted by atomic mass is 32.2. The van der Waals surface area contributed by atoms with Gasteiger partial charge in [-0.3, -0.25) is 9.11 Å². The van der Waals surface area contributed by atoms with Crippen molar-refractivity contribution in [2.24, 2.45) is 0 Å². The molecule has 0 aromatic heterocycles. The molecular weight excluding hydrogens is 304 g/mol. The zero-order valence-corrected chi connectivity index (χ0v) is 11.7. The first-order valence-corrected chi connectivity index (χ1v) is 8.09. The fraction of sp³-hybridized carbons (Fsp3) is 0. The van der Waals surface area contributed by atoms with E-state index in [1.807, 2.05) is 0 Å². The standard InChI is InChI=1S/2C6H6O3S/c2*7-10(8,9)6-4-2-1-3-5-6/h2*1-5H,(H,7,8,9)/i/hD. The molecule has 0 unspecified atom stereocenters. The number of benzene rings is 2. The summed E-state index contributed by atoms with van der Waals surface area (Å²) in [6, 6.07) is 15.0. The summed E-state index contributed by atoms with van der Waals surface area (Å²) in [5, 5.41) is 0. The predicted octanol–water partition coefficient (Wildman–Crippen LogP) is 1.87. The zero-order chi connectivity index (χ0) is 15.9. The van der Waals surface area contributed by atoms with Crippen molar-refractivity contribution in [3.63, 3.8) is 0 Å². The van der Waals surface area contributed by atoms with E-state index in [4.69, 9.17) is 5.98 Å². The molecule has 0 atom stereocenters. The Balaban J connectivity index is 0.000000211. The van der Waals surface area contributed by atoms with Crippen molar-refractivity contribution in [1.29, 1.82) is 1.43 Å². The smallest absolute Gasteiger partial charge is 0.282 e. The largest absolute Gasteiger partial charge is 0.294 e. The molecule has 20 heavy (non-hydrogen) atoms. The van der Waals surface area contributed by atoms with Crippen LogP contribution in [0.3, 0.4) is 0 Å². The lowest BCUT2D eigenvalue weighted by atomic mass is 10.4. The van der Waals surface area contributed by atoms with E-state index in [1.54, 1.807) is 36.4 Å². The van der Waals surface area contributed by atoms with Crippen LogP contribution in [0.5, 0.6) is 0 Å². The molecule has 2 aromatic rings. The maximum absolute atomic E-state index is 10.8. The summed E-state index contributed by atoms with van der Waals surface area (Å²) in [6.07, 6.45) is 0. The normalized spacial score (nSPS) is 11.9. The molecule has 0 saturated heterocycles. The topological polar surface area (TPSA) is 109 Å². The molecule has 6 nitrogen and oxygen atoms in total. The SMILES string of the molecule is O=S(=O)(O)c1ccccc1.[2H]OS(=O)(=O)c1ccccc1. The molecule has 2 aromatic carbocycles. The Morgan fingerprint density at radius 1 is 0.700 bits per heavy atom. The Morgan fingerprint density at radius 3 is 1.35 bits per heavy atom. The summed E-state index contributed by atoms with van der Waals surface area (Å²) in [7, 11) is -7.83. The molecule has 8 heteroatoms. The Labute approximate surface area is 118 Å². The van der Waals surface area contributed by atoms with Crippen LogP contribution in [0, 0.1) is 0 Å². The van der Waals surface area contributed by atoms with Crippen LogP contribution in [-0.2, 0) is 20.2 Å². The monoisotopic (exact) mass is 317 g/mol. The van der Waals surface area contributed by atoms with Crippen LogP contribution in [0.25, 0.3) is 1.43 Å². The van der Waals surface area contributed by atoms with Crippen molar-refractivity contribution in [1.82, 2.24) is 0 Å². The fourth-order valence-corrected chi connectivity index (χ4v) is 2.17. The molecule has 2 rings (SSSR count). The summed E-state index contributed by atoms with van der Waals surface area (Å²) < 4.78 is 60.6. The fourth-order valence-electron chi connectivity index (χ4n) is 1.18. The minimum absolute atomic E-state index is 0.00463. The number of hydrogen-bond donors (Lipinski definition) is 2. The maximum Gasteiger partial charge on any atom is 0.294 e. The molecule has 2 N–H and O–H groups in total. The van der Waals surface area contributed by atoms with Crippen LogP contribution >= 0.6 is 0 Å². The van der Waals surface area contributed by atoms with Gasteiger partial charge in [-0.15, -0.1) is 0 Å². The highest BCUT2D eigenvalue weighted by Crippen LogP contribution is 2.05. The van der Waals surface area contributed by atoms with Gasteiger partial charge in [-0.1, -0.05) is 36.4 Å². The highest BCUT2D eigenvalue weighted by Gasteiger charge is 2.06. The van der Waals surface area contributed by atoms with E-state index in [0.29, 0.717) is 0 Å². The third-order valence-electron chi connectivity index (χ3n) is 2.07. The summed E-state index contributed by atoms with van der Waals surface area (Å²) in [5.41, 5.74) is 0. The molecular formula is C12H12O6S2. The number of rotatable bonds is 3. The van der Waals surface area contributed by atoms with Gasteiger partial charge in [-0.05, 0) is 24.3 Å². The number of hydrogen-bond acceptors (Lipinski definition) is 5. The van der Waals surface area contributed by atoms with Crippen molar-refractivity contribution in [2.75, 3.05) is 0 Å². The maximum atomic E-state index is 10.8. The Hall–Kier alpha value is -1.74. The highest BCUT2D eigenvalue weighted by molar-refractivity contribution is 7.86. The predicted molar refractivity (Wildman–Crippen MR) is 72.5 cm³/mol. The second-order valence-electron chi connectivity index (χ2n) is 3.56. The van der Waals surface area contributed by atoms with Gasteiger partial charge < -0.3 is 0 Å². The molecule has 108 valence electrons. The second-order valence-corrected chi connectivity index (χ2v) is 6.36. The van der Waals surface area contributed by atoms with E-state index >= 15 is 0 Å². The summed E-state index contributed by atoms with van der Waals surface area (Å²) in [6.45, 7) is 0. The van der Waals surface area contributed by atoms with Crippen molar-refractivity contribution >= 4 is 20.2 Å². The second kappa shape index (κ2) is 6.62. The summed E-state index contributed by atoms with van der Waals surface area (Å²) >= 11 is 0. The summed E-state index contributed by atoms with van der Waals surface area (Å²) in [4.78, 5) is -0.0787. The van der Waals surface area contributed by atoms with E-state index in [0.717, 1.165) is 0 Å². The van der Waals surface area contributed by atoms with Gasteiger partial charge in [0.2, 0.25) is 1.43 Å². The van der Waals surface area contributed by atoms with Gasteiger partial charge in [0, 0.05) is 0 Å². The van der Waals surface area contributed by atoms with Crippen LogP contribution in [0.2, 0.25) is 0 Å². The van der Waals surface area contributed by atoms with Crippen molar-refractivity contribution < 1.29 is 25.9 Å². The minimum Gasteiger partial charge on any atom is -0.282 e. The van der Waals surface area contributed by atoms with E-state index < -0.39 is 20.2 Å². The van der Waals surface area contributed by atoms with E-state index in [-0.39, 0.29) is 9.79 Å². The Kier molecular flexibility index (Phi) is 4.85. The molecule has 0 spiro atoms. The molecule has 0 radical (unpaired) electrons. The van der Waals surface area contributed by atoms with Gasteiger partial charge in [0.15, 0.2) is 0 Å². The van der Waals surface area contributed by atoms with Gasteiger partial charge in [-0.2, -0.15) is 16.8 Å². The molecule has 0 saturated carbocycles. The van der Waals surface area contributed by atoms with Crippen LogP contribution in [0.1, 0.15) is 0 Å². The van der Waals surface area contributed by atoms with Gasteiger partial charge in [0.05, 0.1) is 9.79 Å². The van der Waals surface area contributed by atoms with Crippen LogP contribution in [0.4, 0.5) is 0 Å². The van der Waals surface area contributed by atoms with E-state index in [2.05, 4.69) is 4.56 Å². The quantitative estimate of drug-likeness (QED) is 0.836. The molecule has 0 aliphatic carbocycles.